The molecule has 1 fully saturated rings. The molecule has 34 heavy (non-hydrogen) atoms. The van der Waals surface area contributed by atoms with Gasteiger partial charge in [0.05, 0.1) is 5.02 Å². The Morgan fingerprint density at radius 3 is 2.79 bits per heavy atom. The van der Waals surface area contributed by atoms with E-state index in [4.69, 9.17) is 11.6 Å². The Balaban J connectivity index is 1.49. The highest BCUT2D eigenvalue weighted by molar-refractivity contribution is 8.01. The number of rotatable bonds is 7. The minimum Gasteiger partial charge on any atom is -0.506 e. The Morgan fingerprint density at radius 1 is 1.41 bits per heavy atom. The third-order valence-corrected chi connectivity index (χ3v) is 7.77. The summed E-state index contributed by atoms with van der Waals surface area (Å²) in [5.74, 6) is -2.36. The summed E-state index contributed by atoms with van der Waals surface area (Å²) in [7, 11) is 1.66. The number of carbonyl (C=O) groups excluding carboxylic acids is 2. The zero-order chi connectivity index (χ0) is 24.6. The van der Waals surface area contributed by atoms with Gasteiger partial charge in [0.15, 0.2) is 5.71 Å². The third-order valence-electron chi connectivity index (χ3n) is 5.03. The second kappa shape index (κ2) is 9.52. The fraction of sp³-hybridized carbons (Fsp3) is 0.278. The number of tetrazole rings is 1. The summed E-state index contributed by atoms with van der Waals surface area (Å²) in [5, 5.41) is 45.0. The lowest BCUT2D eigenvalue weighted by Crippen LogP contribution is -2.71. The van der Waals surface area contributed by atoms with Gasteiger partial charge in [0, 0.05) is 24.1 Å². The number of aryl methyl sites for hydroxylation is 1. The molecule has 16 heteroatoms. The van der Waals surface area contributed by atoms with E-state index >= 15 is 0 Å². The Morgan fingerprint density at radius 2 is 2.18 bits per heavy atom. The first-order valence-electron chi connectivity index (χ1n) is 9.50. The average Bonchev–Trinajstić information content (AvgIpc) is 3.22. The summed E-state index contributed by atoms with van der Waals surface area (Å²) in [6.07, 6.45) is 0. The van der Waals surface area contributed by atoms with Crippen molar-refractivity contribution >= 4 is 58.6 Å². The third kappa shape index (κ3) is 4.28. The van der Waals surface area contributed by atoms with E-state index in [1.807, 2.05) is 0 Å². The van der Waals surface area contributed by atoms with Crippen LogP contribution in [0, 0.1) is 0 Å². The van der Waals surface area contributed by atoms with Crippen molar-refractivity contribution in [1.29, 1.82) is 0 Å². The molecule has 178 valence electrons. The molecule has 4 rings (SSSR count). The number of thioether (sulfide) groups is 2. The molecule has 3 heterocycles. The first-order valence-corrected chi connectivity index (χ1v) is 11.9. The number of benzene rings is 1. The largest absolute Gasteiger partial charge is 0.506 e. The van der Waals surface area contributed by atoms with Crippen LogP contribution < -0.4 is 5.32 Å². The number of nitrogens with one attached hydrogen (secondary N) is 1. The number of aliphatic carboxylic acids is 1. The summed E-state index contributed by atoms with van der Waals surface area (Å²) in [4.78, 5) is 38.6. The summed E-state index contributed by atoms with van der Waals surface area (Å²) in [6.45, 7) is 0. The SMILES string of the molecule is Cn1nnnc1SCC1=C(C(=O)O)N2C(=O)C(NC(=O)C(=NO)c3ccc(O)c(Cl)c3)[C@@H]2SC1. The van der Waals surface area contributed by atoms with Gasteiger partial charge >= 0.3 is 5.97 Å². The van der Waals surface area contributed by atoms with E-state index in [9.17, 15) is 29.8 Å². The fourth-order valence-corrected chi connectivity index (χ4v) is 5.90. The highest BCUT2D eigenvalue weighted by Gasteiger charge is 2.54. The first-order chi connectivity index (χ1) is 16.2. The number of hydrogen-bond acceptors (Lipinski definition) is 11. The Labute approximate surface area is 204 Å². The van der Waals surface area contributed by atoms with Crippen molar-refractivity contribution in [3.63, 3.8) is 0 Å². The van der Waals surface area contributed by atoms with Crippen LogP contribution in [0.5, 0.6) is 5.75 Å². The monoisotopic (exact) mass is 525 g/mol. The highest BCUT2D eigenvalue weighted by atomic mass is 35.5. The number of carbonyl (C=O) groups is 3. The number of carboxylic acid groups (broad SMARTS) is 1. The molecule has 2 aliphatic rings. The predicted octanol–water partition coefficient (Wildman–Crippen LogP) is 0.278. The van der Waals surface area contributed by atoms with Crippen molar-refractivity contribution in [2.24, 2.45) is 12.2 Å². The molecular formula is C18H16ClN7O6S2. The smallest absolute Gasteiger partial charge is 0.352 e. The number of carboxylic acids is 1. The molecule has 1 unspecified atom stereocenters. The molecule has 0 spiro atoms. The maximum atomic E-state index is 12.8. The van der Waals surface area contributed by atoms with E-state index in [0.29, 0.717) is 16.5 Å². The number of fused-ring (bicyclic) bond motifs is 1. The average molecular weight is 526 g/mol. The number of oxime groups is 1. The number of β-lactam (4-membered cyclic amide) rings is 1. The van der Waals surface area contributed by atoms with Gasteiger partial charge in [-0.1, -0.05) is 28.5 Å². The zero-order valence-electron chi connectivity index (χ0n) is 17.2. The number of aromatic nitrogens is 4. The zero-order valence-corrected chi connectivity index (χ0v) is 19.6. The van der Waals surface area contributed by atoms with Gasteiger partial charge in [-0.15, -0.1) is 16.9 Å². The van der Waals surface area contributed by atoms with Crippen molar-refractivity contribution in [2.45, 2.75) is 16.6 Å². The summed E-state index contributed by atoms with van der Waals surface area (Å²) < 4.78 is 1.45. The molecule has 0 radical (unpaired) electrons. The van der Waals surface area contributed by atoms with Crippen molar-refractivity contribution in [1.82, 2.24) is 30.4 Å². The molecule has 2 aromatic rings. The molecule has 13 nitrogen and oxygen atoms in total. The van der Waals surface area contributed by atoms with Crippen LogP contribution >= 0.6 is 35.1 Å². The van der Waals surface area contributed by atoms with Crippen molar-refractivity contribution in [3.8, 4) is 5.75 Å². The van der Waals surface area contributed by atoms with Crippen LogP contribution in [0.15, 0.2) is 39.8 Å². The minimum absolute atomic E-state index is 0.0566. The molecule has 2 amide bonds. The molecule has 1 saturated heterocycles. The topological polar surface area (TPSA) is 183 Å². The van der Waals surface area contributed by atoms with Gasteiger partial charge in [-0.05, 0) is 34.2 Å². The second-order valence-corrected chi connectivity index (χ2v) is 9.56. The van der Waals surface area contributed by atoms with Crippen LogP contribution in [0.2, 0.25) is 5.02 Å². The quantitative estimate of drug-likeness (QED) is 0.128. The second-order valence-electron chi connectivity index (χ2n) is 7.11. The summed E-state index contributed by atoms with van der Waals surface area (Å²) in [5.41, 5.74) is 0.0863. The lowest BCUT2D eigenvalue weighted by Gasteiger charge is -2.49. The Hall–Kier alpha value is -3.30. The highest BCUT2D eigenvalue weighted by Crippen LogP contribution is 2.41. The standard InChI is InChI=1S/C18H16ClN7O6S2/c1-25-18(21-23-24-25)34-6-8-5-33-16-12(15(29)26(16)13(8)17(30)31)20-14(28)11(22-32)7-2-3-10(27)9(19)4-7/h2-4,12,16,27,32H,5-6H2,1H3,(H,20,28)(H,30,31)/t12?,16-/m0/s1. The van der Waals surface area contributed by atoms with Crippen molar-refractivity contribution < 1.29 is 29.8 Å². The Kier molecular flexibility index (Phi) is 6.67. The molecule has 1 aromatic heterocycles. The first kappa shape index (κ1) is 23.8. The predicted molar refractivity (Wildman–Crippen MR) is 121 cm³/mol. The van der Waals surface area contributed by atoms with E-state index in [2.05, 4.69) is 26.0 Å². The van der Waals surface area contributed by atoms with Crippen LogP contribution in [0.25, 0.3) is 0 Å². The lowest BCUT2D eigenvalue weighted by molar-refractivity contribution is -0.150. The lowest BCUT2D eigenvalue weighted by atomic mass is 10.0. The van der Waals surface area contributed by atoms with Crippen LogP contribution in [0.3, 0.4) is 0 Å². The van der Waals surface area contributed by atoms with Gasteiger partial charge in [0.25, 0.3) is 11.8 Å². The van der Waals surface area contributed by atoms with Crippen molar-refractivity contribution in [2.75, 3.05) is 11.5 Å². The van der Waals surface area contributed by atoms with Gasteiger partial charge in [-0.25, -0.2) is 9.48 Å². The van der Waals surface area contributed by atoms with Gasteiger partial charge < -0.3 is 20.7 Å². The molecule has 4 N–H and O–H groups in total. The molecule has 2 atom stereocenters. The van der Waals surface area contributed by atoms with Crippen LogP contribution in [0.4, 0.5) is 0 Å². The molecule has 2 aliphatic heterocycles. The molecule has 0 bridgehead atoms. The number of amides is 2. The van der Waals surface area contributed by atoms with E-state index < -0.39 is 34.9 Å². The number of phenolic OH excluding ortho intramolecular Hbond substituents is 1. The minimum atomic E-state index is -1.26. The van der Waals surface area contributed by atoms with E-state index in [-0.39, 0.29) is 27.8 Å². The van der Waals surface area contributed by atoms with Crippen LogP contribution in [-0.4, -0.2) is 86.9 Å². The van der Waals surface area contributed by atoms with Gasteiger partial charge in [-0.2, -0.15) is 0 Å². The number of nitrogens with zero attached hydrogens (tertiary/aromatic N) is 6. The number of halogens is 1. The van der Waals surface area contributed by atoms with E-state index in [1.165, 1.54) is 46.4 Å². The van der Waals surface area contributed by atoms with E-state index in [0.717, 1.165) is 4.90 Å². The number of aromatic hydroxyl groups is 1. The van der Waals surface area contributed by atoms with Gasteiger partial charge in [0.1, 0.15) is 22.9 Å². The fourth-order valence-electron chi connectivity index (χ4n) is 3.39. The molecule has 0 saturated carbocycles. The maximum Gasteiger partial charge on any atom is 0.352 e. The summed E-state index contributed by atoms with van der Waals surface area (Å²) >= 11 is 8.39. The maximum absolute atomic E-state index is 12.8. The number of phenols is 1. The Bertz CT molecular complexity index is 1250. The van der Waals surface area contributed by atoms with E-state index in [1.54, 1.807) is 7.05 Å². The van der Waals surface area contributed by atoms with Crippen LogP contribution in [0.1, 0.15) is 5.56 Å². The number of hydrogen-bond donors (Lipinski definition) is 4. The van der Waals surface area contributed by atoms with Crippen molar-refractivity contribution in [3.05, 3.63) is 40.1 Å². The molecular weight excluding hydrogens is 510 g/mol. The molecule has 1 aromatic carbocycles. The van der Waals surface area contributed by atoms with Crippen LogP contribution in [-0.2, 0) is 21.4 Å². The van der Waals surface area contributed by atoms with Gasteiger partial charge in [0.2, 0.25) is 5.16 Å². The summed E-state index contributed by atoms with van der Waals surface area (Å²) in [6, 6.07) is 2.76. The molecule has 0 aliphatic carbocycles. The normalized spacial score (nSPS) is 20.1. The van der Waals surface area contributed by atoms with Gasteiger partial charge in [-0.3, -0.25) is 14.5 Å².